The van der Waals surface area contributed by atoms with Crippen molar-refractivity contribution in [3.63, 3.8) is 0 Å². The van der Waals surface area contributed by atoms with Crippen LogP contribution in [0.25, 0.3) is 11.3 Å². The van der Waals surface area contributed by atoms with E-state index in [1.165, 1.54) is 0 Å². The third kappa shape index (κ3) is 3.72. The quantitative estimate of drug-likeness (QED) is 0.651. The predicted molar refractivity (Wildman–Crippen MR) is 96.7 cm³/mol. The molecule has 0 saturated heterocycles. The fourth-order valence-corrected chi connectivity index (χ4v) is 3.04. The van der Waals surface area contributed by atoms with Crippen molar-refractivity contribution in [3.8, 4) is 11.3 Å². The summed E-state index contributed by atoms with van der Waals surface area (Å²) in [5.41, 5.74) is 2.92. The highest BCUT2D eigenvalue weighted by molar-refractivity contribution is 7.09. The lowest BCUT2D eigenvalue weighted by Crippen LogP contribution is -2.12. The Morgan fingerprint density at radius 1 is 1.13 bits per heavy atom. The molecule has 1 N–H and O–H groups in total. The maximum absolute atomic E-state index is 12.3. The maximum Gasteiger partial charge on any atom is 0.255 e. The van der Waals surface area contributed by atoms with Gasteiger partial charge >= 0.3 is 0 Å². The minimum atomic E-state index is -0.241. The molecule has 0 radical (unpaired) electrons. The van der Waals surface area contributed by atoms with Crippen LogP contribution in [0.5, 0.6) is 0 Å². The van der Waals surface area contributed by atoms with E-state index in [1.807, 2.05) is 24.4 Å². The second-order valence-electron chi connectivity index (χ2n) is 4.91. The molecule has 3 aromatic rings. The molecule has 0 unspecified atom stereocenters. The van der Waals surface area contributed by atoms with Crippen LogP contribution in [0.1, 0.15) is 15.4 Å². The van der Waals surface area contributed by atoms with Crippen LogP contribution in [0.4, 0.5) is 5.69 Å². The Morgan fingerprint density at radius 3 is 2.52 bits per heavy atom. The Bertz CT molecular complexity index is 859. The molecule has 116 valence electrons. The molecule has 0 saturated carbocycles. The van der Waals surface area contributed by atoms with E-state index >= 15 is 0 Å². The van der Waals surface area contributed by atoms with Crippen molar-refractivity contribution >= 4 is 46.1 Å². The number of carbonyl (C=O) groups excluding carboxylic acids is 1. The van der Waals surface area contributed by atoms with Gasteiger partial charge in [-0.3, -0.25) is 4.79 Å². The van der Waals surface area contributed by atoms with E-state index in [0.29, 0.717) is 21.3 Å². The number of aromatic nitrogens is 1. The van der Waals surface area contributed by atoms with Gasteiger partial charge in [-0.1, -0.05) is 35.3 Å². The van der Waals surface area contributed by atoms with E-state index in [1.54, 1.807) is 41.7 Å². The summed E-state index contributed by atoms with van der Waals surface area (Å²) in [6.07, 6.45) is 0. The van der Waals surface area contributed by atoms with Crippen LogP contribution in [-0.4, -0.2) is 10.9 Å². The van der Waals surface area contributed by atoms with Gasteiger partial charge in [0.2, 0.25) is 0 Å². The van der Waals surface area contributed by atoms with E-state index in [9.17, 15) is 4.79 Å². The zero-order valence-corrected chi connectivity index (χ0v) is 14.5. The monoisotopic (exact) mass is 362 g/mol. The van der Waals surface area contributed by atoms with Crippen molar-refractivity contribution < 1.29 is 4.79 Å². The van der Waals surface area contributed by atoms with Crippen molar-refractivity contribution in [1.82, 2.24) is 4.98 Å². The minimum Gasteiger partial charge on any atom is -0.321 e. The Balaban J connectivity index is 1.79. The number of thiazole rings is 1. The number of carbonyl (C=O) groups is 1. The highest BCUT2D eigenvalue weighted by Crippen LogP contribution is 2.26. The number of amides is 1. The van der Waals surface area contributed by atoms with Crippen LogP contribution in [0, 0.1) is 6.92 Å². The number of hydrogen-bond donors (Lipinski definition) is 1. The number of anilines is 1. The Kier molecular flexibility index (Phi) is 4.66. The second kappa shape index (κ2) is 6.71. The lowest BCUT2D eigenvalue weighted by molar-refractivity contribution is 0.102. The summed E-state index contributed by atoms with van der Waals surface area (Å²) in [5, 5.41) is 6.72. The number of aryl methyl sites for hydroxylation is 1. The first-order chi connectivity index (χ1) is 11.0. The molecular weight excluding hydrogens is 351 g/mol. The number of benzene rings is 2. The molecule has 0 bridgehead atoms. The number of nitrogens with zero attached hydrogens (tertiary/aromatic N) is 1. The zero-order chi connectivity index (χ0) is 16.4. The molecule has 2 aromatic carbocycles. The third-order valence-corrected chi connectivity index (χ3v) is 4.58. The van der Waals surface area contributed by atoms with Gasteiger partial charge in [-0.25, -0.2) is 4.98 Å². The fourth-order valence-electron chi connectivity index (χ4n) is 2.08. The molecule has 0 aliphatic carbocycles. The highest BCUT2D eigenvalue weighted by Gasteiger charge is 2.10. The Labute approximate surface area is 147 Å². The SMILES string of the molecule is Cc1nc(-c2ccc(C(=O)Nc3cc(Cl)ccc3Cl)cc2)cs1. The maximum atomic E-state index is 12.3. The van der Waals surface area contributed by atoms with Gasteiger partial charge in [0.05, 0.1) is 21.4 Å². The van der Waals surface area contributed by atoms with Gasteiger partial charge in [-0.2, -0.15) is 0 Å². The van der Waals surface area contributed by atoms with Crippen molar-refractivity contribution in [2.24, 2.45) is 0 Å². The lowest BCUT2D eigenvalue weighted by Gasteiger charge is -2.08. The van der Waals surface area contributed by atoms with Gasteiger partial charge in [-0.05, 0) is 37.3 Å². The van der Waals surface area contributed by atoms with Gasteiger partial charge in [0.15, 0.2) is 0 Å². The highest BCUT2D eigenvalue weighted by atomic mass is 35.5. The third-order valence-electron chi connectivity index (χ3n) is 3.24. The molecular formula is C17H12Cl2N2OS. The van der Waals surface area contributed by atoms with E-state index in [2.05, 4.69) is 10.3 Å². The zero-order valence-electron chi connectivity index (χ0n) is 12.1. The lowest BCUT2D eigenvalue weighted by atomic mass is 10.1. The van der Waals surface area contributed by atoms with E-state index in [-0.39, 0.29) is 5.91 Å². The summed E-state index contributed by atoms with van der Waals surface area (Å²) in [5.74, 6) is -0.241. The van der Waals surface area contributed by atoms with Crippen molar-refractivity contribution in [3.05, 3.63) is 68.5 Å². The summed E-state index contributed by atoms with van der Waals surface area (Å²) in [4.78, 5) is 16.7. The van der Waals surface area contributed by atoms with Crippen LogP contribution in [0.15, 0.2) is 47.8 Å². The first kappa shape index (κ1) is 16.0. The topological polar surface area (TPSA) is 42.0 Å². The van der Waals surface area contributed by atoms with Gasteiger partial charge in [0.25, 0.3) is 5.91 Å². The molecule has 0 aliphatic heterocycles. The van der Waals surface area contributed by atoms with Crippen LogP contribution in [0.2, 0.25) is 10.0 Å². The Morgan fingerprint density at radius 2 is 1.87 bits per heavy atom. The van der Waals surface area contributed by atoms with E-state index < -0.39 is 0 Å². The van der Waals surface area contributed by atoms with Crippen LogP contribution in [-0.2, 0) is 0 Å². The van der Waals surface area contributed by atoms with Crippen molar-refractivity contribution in [2.45, 2.75) is 6.92 Å². The molecule has 1 aromatic heterocycles. The second-order valence-corrected chi connectivity index (χ2v) is 6.81. The summed E-state index contributed by atoms with van der Waals surface area (Å²) >= 11 is 13.6. The summed E-state index contributed by atoms with van der Waals surface area (Å²) in [7, 11) is 0. The average Bonchev–Trinajstić information content (AvgIpc) is 2.97. The minimum absolute atomic E-state index is 0.241. The first-order valence-corrected chi connectivity index (χ1v) is 8.45. The summed E-state index contributed by atoms with van der Waals surface area (Å²) in [6.45, 7) is 1.96. The average molecular weight is 363 g/mol. The first-order valence-electron chi connectivity index (χ1n) is 6.82. The van der Waals surface area contributed by atoms with Gasteiger partial charge in [-0.15, -0.1) is 11.3 Å². The van der Waals surface area contributed by atoms with E-state index in [4.69, 9.17) is 23.2 Å². The summed E-state index contributed by atoms with van der Waals surface area (Å²) in [6, 6.07) is 12.2. The number of rotatable bonds is 3. The molecule has 3 rings (SSSR count). The van der Waals surface area contributed by atoms with Crippen molar-refractivity contribution in [1.29, 1.82) is 0 Å². The van der Waals surface area contributed by atoms with Crippen LogP contribution in [0.3, 0.4) is 0 Å². The molecule has 1 heterocycles. The number of halogens is 2. The largest absolute Gasteiger partial charge is 0.321 e. The molecule has 0 aliphatic rings. The smallest absolute Gasteiger partial charge is 0.255 e. The number of nitrogens with one attached hydrogen (secondary N) is 1. The van der Waals surface area contributed by atoms with Gasteiger partial charge in [0, 0.05) is 21.5 Å². The Hall–Kier alpha value is -1.88. The molecule has 0 spiro atoms. The molecule has 1 amide bonds. The van der Waals surface area contributed by atoms with Crippen LogP contribution >= 0.6 is 34.5 Å². The summed E-state index contributed by atoms with van der Waals surface area (Å²) < 4.78 is 0. The predicted octanol–water partition coefficient (Wildman–Crippen LogP) is 5.68. The normalized spacial score (nSPS) is 10.6. The molecule has 0 fully saturated rings. The number of hydrogen-bond acceptors (Lipinski definition) is 3. The van der Waals surface area contributed by atoms with E-state index in [0.717, 1.165) is 16.3 Å². The molecule has 0 atom stereocenters. The molecule has 3 nitrogen and oxygen atoms in total. The van der Waals surface area contributed by atoms with Crippen LogP contribution < -0.4 is 5.32 Å². The van der Waals surface area contributed by atoms with Gasteiger partial charge in [0.1, 0.15) is 0 Å². The fraction of sp³-hybridized carbons (Fsp3) is 0.0588. The molecule has 6 heteroatoms. The van der Waals surface area contributed by atoms with Crippen molar-refractivity contribution in [2.75, 3.05) is 5.32 Å². The van der Waals surface area contributed by atoms with Gasteiger partial charge < -0.3 is 5.32 Å². The molecule has 23 heavy (non-hydrogen) atoms. The standard InChI is InChI=1S/C17H12Cl2N2OS/c1-10-20-16(9-23-10)11-2-4-12(5-3-11)17(22)21-15-8-13(18)6-7-14(15)19/h2-9H,1H3,(H,21,22).